The average molecular weight is 541 g/mol. The summed E-state index contributed by atoms with van der Waals surface area (Å²) in [6.07, 6.45) is 4.91. The number of likely N-dealkylation sites (tertiary alicyclic amines) is 1. The van der Waals surface area contributed by atoms with Gasteiger partial charge >= 0.3 is 6.09 Å². The number of guanidine groups is 1. The number of alkyl carbamates (subject to hydrolysis) is 1. The fourth-order valence-electron chi connectivity index (χ4n) is 3.68. The number of ether oxygens (including phenoxy) is 1. The van der Waals surface area contributed by atoms with Gasteiger partial charge in [-0.1, -0.05) is 24.3 Å². The maximum atomic E-state index is 12.1. The number of rotatable bonds is 5. The average Bonchev–Trinajstić information content (AvgIpc) is 3.36. The molecule has 0 radical (unpaired) electrons. The highest BCUT2D eigenvalue weighted by atomic mass is 127. The highest BCUT2D eigenvalue weighted by molar-refractivity contribution is 14.0. The first-order valence-corrected chi connectivity index (χ1v) is 10.9. The second-order valence-corrected chi connectivity index (χ2v) is 8.79. The molecular formula is C23H36IN5O2. The van der Waals surface area contributed by atoms with Gasteiger partial charge in [0.15, 0.2) is 5.96 Å². The van der Waals surface area contributed by atoms with Crippen molar-refractivity contribution in [1.29, 1.82) is 0 Å². The van der Waals surface area contributed by atoms with Crippen molar-refractivity contribution in [1.82, 2.24) is 15.5 Å². The van der Waals surface area contributed by atoms with Gasteiger partial charge in [-0.3, -0.25) is 0 Å². The minimum atomic E-state index is -0.488. The molecule has 0 spiro atoms. The molecule has 1 atom stereocenters. The van der Waals surface area contributed by atoms with Crippen molar-refractivity contribution >= 4 is 41.7 Å². The van der Waals surface area contributed by atoms with Crippen LogP contribution in [0.25, 0.3) is 0 Å². The number of amides is 1. The van der Waals surface area contributed by atoms with Crippen molar-refractivity contribution < 1.29 is 9.53 Å². The first kappa shape index (κ1) is 25.3. The topological polar surface area (TPSA) is 69.2 Å². The lowest BCUT2D eigenvalue weighted by Gasteiger charge is -2.23. The van der Waals surface area contributed by atoms with Crippen LogP contribution in [0.15, 0.2) is 41.4 Å². The smallest absolute Gasteiger partial charge is 0.407 e. The van der Waals surface area contributed by atoms with Gasteiger partial charge in [0.05, 0.1) is 12.6 Å². The van der Waals surface area contributed by atoms with Crippen LogP contribution in [0, 0.1) is 0 Å². The lowest BCUT2D eigenvalue weighted by molar-refractivity contribution is 0.0507. The summed E-state index contributed by atoms with van der Waals surface area (Å²) >= 11 is 0. The molecule has 1 amide bonds. The molecule has 0 aliphatic carbocycles. The third-order valence-electron chi connectivity index (χ3n) is 5.05. The molecule has 8 heteroatoms. The zero-order chi connectivity index (χ0) is 21.6. The fraction of sp³-hybridized carbons (Fsp3) is 0.565. The van der Waals surface area contributed by atoms with Crippen LogP contribution >= 0.6 is 24.0 Å². The normalized spacial score (nSPS) is 18.7. The molecule has 2 N–H and O–H groups in total. The number of carbonyl (C=O) groups excluding carboxylic acids is 1. The molecule has 1 unspecified atom stereocenters. The number of halogens is 1. The summed E-state index contributed by atoms with van der Waals surface area (Å²) in [6.45, 7) is 12.6. The van der Waals surface area contributed by atoms with Crippen LogP contribution in [0.4, 0.5) is 10.5 Å². The molecular weight excluding hydrogens is 505 g/mol. The van der Waals surface area contributed by atoms with Crippen LogP contribution in [-0.2, 0) is 11.3 Å². The van der Waals surface area contributed by atoms with E-state index in [1.807, 2.05) is 20.8 Å². The second kappa shape index (κ2) is 11.6. The molecule has 172 valence electrons. The quantitative estimate of drug-likeness (QED) is 0.257. The summed E-state index contributed by atoms with van der Waals surface area (Å²) in [5.41, 5.74) is 1.94. The number of nitrogens with zero attached hydrogens (tertiary/aromatic N) is 3. The Balaban J connectivity index is 0.00000341. The third-order valence-corrected chi connectivity index (χ3v) is 5.05. The maximum absolute atomic E-state index is 12.1. The van der Waals surface area contributed by atoms with E-state index in [9.17, 15) is 4.79 Å². The van der Waals surface area contributed by atoms with Crippen LogP contribution in [0.5, 0.6) is 0 Å². The molecule has 0 bridgehead atoms. The Kier molecular flexibility index (Phi) is 9.46. The predicted molar refractivity (Wildman–Crippen MR) is 137 cm³/mol. The largest absolute Gasteiger partial charge is 0.444 e. The highest BCUT2D eigenvalue weighted by Gasteiger charge is 2.27. The molecule has 1 fully saturated rings. The summed E-state index contributed by atoms with van der Waals surface area (Å²) in [4.78, 5) is 21.5. The van der Waals surface area contributed by atoms with Crippen LogP contribution in [-0.4, -0.2) is 61.3 Å². The molecule has 1 saturated heterocycles. The Labute approximate surface area is 203 Å². The summed E-state index contributed by atoms with van der Waals surface area (Å²) in [7, 11) is 0. The van der Waals surface area contributed by atoms with E-state index in [-0.39, 0.29) is 36.1 Å². The summed E-state index contributed by atoms with van der Waals surface area (Å²) in [5.74, 6) is 0.888. The van der Waals surface area contributed by atoms with Crippen LogP contribution in [0.3, 0.4) is 0 Å². The molecule has 0 saturated carbocycles. The van der Waals surface area contributed by atoms with Gasteiger partial charge in [0.1, 0.15) is 5.60 Å². The molecule has 2 heterocycles. The molecule has 7 nitrogen and oxygen atoms in total. The first-order valence-electron chi connectivity index (χ1n) is 10.9. The van der Waals surface area contributed by atoms with E-state index in [2.05, 4.69) is 63.8 Å². The van der Waals surface area contributed by atoms with E-state index in [0.29, 0.717) is 6.54 Å². The number of nitrogens with one attached hydrogen (secondary N) is 2. The van der Waals surface area contributed by atoms with Crippen LogP contribution < -0.4 is 15.5 Å². The number of carbonyl (C=O) groups is 1. The molecule has 2 aliphatic rings. The highest BCUT2D eigenvalue weighted by Crippen LogP contribution is 2.19. The van der Waals surface area contributed by atoms with Gasteiger partial charge in [0.25, 0.3) is 0 Å². The van der Waals surface area contributed by atoms with E-state index in [1.165, 1.54) is 11.3 Å². The zero-order valence-corrected chi connectivity index (χ0v) is 21.4. The minimum absolute atomic E-state index is 0. The van der Waals surface area contributed by atoms with Gasteiger partial charge in [0, 0.05) is 38.4 Å². The van der Waals surface area contributed by atoms with E-state index in [0.717, 1.165) is 45.1 Å². The fourth-order valence-corrected chi connectivity index (χ4v) is 3.68. The Hall–Kier alpha value is -1.97. The lowest BCUT2D eigenvalue weighted by Crippen LogP contribution is -2.44. The summed E-state index contributed by atoms with van der Waals surface area (Å²) in [5, 5.41) is 6.37. The number of anilines is 1. The van der Waals surface area contributed by atoms with E-state index in [4.69, 9.17) is 9.73 Å². The van der Waals surface area contributed by atoms with Gasteiger partial charge in [-0.2, -0.15) is 0 Å². The molecule has 1 aromatic carbocycles. The Bertz CT molecular complexity index is 782. The van der Waals surface area contributed by atoms with Crippen molar-refractivity contribution in [2.75, 3.05) is 37.6 Å². The Morgan fingerprint density at radius 3 is 2.68 bits per heavy atom. The summed E-state index contributed by atoms with van der Waals surface area (Å²) < 4.78 is 5.38. The molecule has 0 aromatic heterocycles. The Morgan fingerprint density at radius 1 is 1.26 bits per heavy atom. The first-order chi connectivity index (χ1) is 14.3. The molecule has 3 rings (SSSR count). The SMILES string of the molecule is CCNC(=NCc1cccc(N2CC=CC2)c1)N1CCC(NC(=O)OC(C)(C)C)C1.I. The van der Waals surface area contributed by atoms with Crippen molar-refractivity contribution in [2.24, 2.45) is 4.99 Å². The molecule has 31 heavy (non-hydrogen) atoms. The number of hydrogen-bond donors (Lipinski definition) is 2. The van der Waals surface area contributed by atoms with Gasteiger partial charge in [-0.05, 0) is 51.8 Å². The number of benzene rings is 1. The molecule has 2 aliphatic heterocycles. The standard InChI is InChI=1S/C23H35N5O2.HI/c1-5-24-21(28-14-11-19(17-28)26-22(29)30-23(2,3)4)25-16-18-9-8-10-20(15-18)27-12-6-7-13-27;/h6-10,15,19H,5,11-14,16-17H2,1-4H3,(H,24,25)(H,26,29);1H. The third kappa shape index (κ3) is 7.90. The minimum Gasteiger partial charge on any atom is -0.444 e. The van der Waals surface area contributed by atoms with E-state index >= 15 is 0 Å². The van der Waals surface area contributed by atoms with E-state index in [1.54, 1.807) is 0 Å². The van der Waals surface area contributed by atoms with E-state index < -0.39 is 5.60 Å². The van der Waals surface area contributed by atoms with Crippen LogP contribution in [0.2, 0.25) is 0 Å². The van der Waals surface area contributed by atoms with Gasteiger partial charge in [0.2, 0.25) is 0 Å². The predicted octanol–water partition coefficient (Wildman–Crippen LogP) is 3.75. The van der Waals surface area contributed by atoms with Gasteiger partial charge in [-0.15, -0.1) is 24.0 Å². The van der Waals surface area contributed by atoms with Gasteiger partial charge < -0.3 is 25.2 Å². The number of hydrogen-bond acceptors (Lipinski definition) is 4. The number of aliphatic imine (C=N–C) groups is 1. The van der Waals surface area contributed by atoms with Crippen molar-refractivity contribution in [3.05, 3.63) is 42.0 Å². The second-order valence-electron chi connectivity index (χ2n) is 8.79. The van der Waals surface area contributed by atoms with Crippen LogP contribution in [0.1, 0.15) is 39.7 Å². The van der Waals surface area contributed by atoms with Crippen molar-refractivity contribution in [3.63, 3.8) is 0 Å². The Morgan fingerprint density at radius 2 is 2.00 bits per heavy atom. The monoisotopic (exact) mass is 541 g/mol. The zero-order valence-electron chi connectivity index (χ0n) is 19.1. The maximum Gasteiger partial charge on any atom is 0.407 e. The van der Waals surface area contributed by atoms with Crippen molar-refractivity contribution in [2.45, 2.75) is 52.3 Å². The lowest BCUT2D eigenvalue weighted by atomic mass is 10.2. The van der Waals surface area contributed by atoms with Crippen molar-refractivity contribution in [3.8, 4) is 0 Å². The van der Waals surface area contributed by atoms with Gasteiger partial charge in [-0.25, -0.2) is 9.79 Å². The molecule has 1 aromatic rings. The summed E-state index contributed by atoms with van der Waals surface area (Å²) in [6, 6.07) is 8.66.